The molecule has 0 saturated heterocycles. The Morgan fingerprint density at radius 2 is 1.88 bits per heavy atom. The summed E-state index contributed by atoms with van der Waals surface area (Å²) in [6.45, 7) is 5.64. The highest BCUT2D eigenvalue weighted by Crippen LogP contribution is 2.19. The van der Waals surface area contributed by atoms with Gasteiger partial charge < -0.3 is 10.4 Å². The number of hydrogen-bond acceptors (Lipinski definition) is 2. The smallest absolute Gasteiger partial charge is 0.128 e. The fourth-order valence-corrected chi connectivity index (χ4v) is 1.65. The molecule has 3 atom stereocenters. The van der Waals surface area contributed by atoms with E-state index in [1.165, 1.54) is 6.07 Å². The summed E-state index contributed by atoms with van der Waals surface area (Å²) in [5, 5.41) is 12.2. The third-order valence-electron chi connectivity index (χ3n) is 3.08. The Balaban J connectivity index is 2.75. The normalized spacial score (nSPS) is 16.6. The van der Waals surface area contributed by atoms with Crippen molar-refractivity contribution in [1.29, 1.82) is 0 Å². The second-order valence-corrected chi connectivity index (χ2v) is 4.50. The molecule has 0 heterocycles. The molecule has 0 aromatic heterocycles. The summed E-state index contributed by atoms with van der Waals surface area (Å²) in [5.41, 5.74) is 0.307. The van der Waals surface area contributed by atoms with Gasteiger partial charge >= 0.3 is 0 Å². The van der Waals surface area contributed by atoms with Crippen molar-refractivity contribution in [2.75, 3.05) is 6.61 Å². The molecule has 0 saturated carbocycles. The SMILES string of the molecule is CC(NC(C)C(C)CO)c1cc(F)ccc1F. The van der Waals surface area contributed by atoms with Crippen LogP contribution in [0.4, 0.5) is 8.78 Å². The van der Waals surface area contributed by atoms with Crippen LogP contribution in [0.2, 0.25) is 0 Å². The van der Waals surface area contributed by atoms with E-state index in [0.717, 1.165) is 12.1 Å². The third kappa shape index (κ3) is 3.75. The molecule has 1 aromatic rings. The van der Waals surface area contributed by atoms with Crippen LogP contribution in [0.5, 0.6) is 0 Å². The van der Waals surface area contributed by atoms with Gasteiger partial charge in [-0.05, 0) is 38.0 Å². The Morgan fingerprint density at radius 1 is 1.24 bits per heavy atom. The van der Waals surface area contributed by atoms with Crippen LogP contribution in [0, 0.1) is 17.6 Å². The van der Waals surface area contributed by atoms with Gasteiger partial charge in [-0.2, -0.15) is 0 Å². The molecular formula is C13H19F2NO. The molecule has 0 aliphatic rings. The number of benzene rings is 1. The molecule has 17 heavy (non-hydrogen) atoms. The topological polar surface area (TPSA) is 32.3 Å². The van der Waals surface area contributed by atoms with Crippen molar-refractivity contribution in [3.05, 3.63) is 35.4 Å². The Hall–Kier alpha value is -1.00. The summed E-state index contributed by atoms with van der Waals surface area (Å²) in [6.07, 6.45) is 0. The molecule has 2 N–H and O–H groups in total. The monoisotopic (exact) mass is 243 g/mol. The summed E-state index contributed by atoms with van der Waals surface area (Å²) in [6, 6.07) is 3.16. The van der Waals surface area contributed by atoms with Gasteiger partial charge in [0, 0.05) is 24.3 Å². The van der Waals surface area contributed by atoms with Crippen LogP contribution in [0.1, 0.15) is 32.4 Å². The second-order valence-electron chi connectivity index (χ2n) is 4.50. The molecular weight excluding hydrogens is 224 g/mol. The number of aliphatic hydroxyl groups is 1. The van der Waals surface area contributed by atoms with Crippen LogP contribution < -0.4 is 5.32 Å². The predicted molar refractivity (Wildman–Crippen MR) is 63.6 cm³/mol. The highest BCUT2D eigenvalue weighted by Gasteiger charge is 2.17. The predicted octanol–water partition coefficient (Wildman–Crippen LogP) is 2.63. The Labute approximate surface area is 101 Å². The van der Waals surface area contributed by atoms with Crippen LogP contribution >= 0.6 is 0 Å². The van der Waals surface area contributed by atoms with E-state index in [4.69, 9.17) is 5.11 Å². The highest BCUT2D eigenvalue weighted by molar-refractivity contribution is 5.21. The standard InChI is InChI=1S/C13H19F2NO/c1-8(7-17)9(2)16-10(3)12-6-11(14)4-5-13(12)15/h4-6,8-10,16-17H,7H2,1-3H3. The number of hydrogen-bond donors (Lipinski definition) is 2. The first-order valence-electron chi connectivity index (χ1n) is 5.77. The van der Waals surface area contributed by atoms with Gasteiger partial charge in [0.15, 0.2) is 0 Å². The van der Waals surface area contributed by atoms with Crippen molar-refractivity contribution in [2.24, 2.45) is 5.92 Å². The molecule has 0 radical (unpaired) electrons. The molecule has 0 amide bonds. The molecule has 1 aromatic carbocycles. The maximum atomic E-state index is 13.5. The molecule has 0 spiro atoms. The van der Waals surface area contributed by atoms with E-state index in [-0.39, 0.29) is 24.6 Å². The summed E-state index contributed by atoms with van der Waals surface area (Å²) < 4.78 is 26.5. The molecule has 4 heteroatoms. The average Bonchev–Trinajstić information content (AvgIpc) is 2.30. The molecule has 0 bridgehead atoms. The van der Waals surface area contributed by atoms with Crippen molar-refractivity contribution in [3.63, 3.8) is 0 Å². The van der Waals surface area contributed by atoms with E-state index in [1.54, 1.807) is 6.92 Å². The molecule has 0 aliphatic heterocycles. The number of halogens is 2. The third-order valence-corrected chi connectivity index (χ3v) is 3.08. The van der Waals surface area contributed by atoms with E-state index in [1.807, 2.05) is 13.8 Å². The van der Waals surface area contributed by atoms with Crippen molar-refractivity contribution < 1.29 is 13.9 Å². The van der Waals surface area contributed by atoms with E-state index in [2.05, 4.69) is 5.32 Å². The van der Waals surface area contributed by atoms with Gasteiger partial charge in [0.25, 0.3) is 0 Å². The lowest BCUT2D eigenvalue weighted by Crippen LogP contribution is -2.36. The van der Waals surface area contributed by atoms with Gasteiger partial charge in [-0.1, -0.05) is 6.92 Å². The Kier molecular flexibility index (Phi) is 5.02. The van der Waals surface area contributed by atoms with Gasteiger partial charge in [-0.25, -0.2) is 8.78 Å². The van der Waals surface area contributed by atoms with Crippen LogP contribution in [-0.4, -0.2) is 17.8 Å². The van der Waals surface area contributed by atoms with Crippen LogP contribution in [0.25, 0.3) is 0 Å². The number of rotatable bonds is 5. The zero-order valence-electron chi connectivity index (χ0n) is 10.4. The fourth-order valence-electron chi connectivity index (χ4n) is 1.65. The Bertz CT molecular complexity index is 370. The quantitative estimate of drug-likeness (QED) is 0.833. The molecule has 0 aliphatic carbocycles. The van der Waals surface area contributed by atoms with Crippen LogP contribution in [0.15, 0.2) is 18.2 Å². The maximum absolute atomic E-state index is 13.5. The van der Waals surface area contributed by atoms with E-state index >= 15 is 0 Å². The zero-order chi connectivity index (χ0) is 13.0. The number of nitrogens with one attached hydrogen (secondary N) is 1. The maximum Gasteiger partial charge on any atom is 0.128 e. The van der Waals surface area contributed by atoms with Crippen molar-refractivity contribution in [2.45, 2.75) is 32.9 Å². The minimum Gasteiger partial charge on any atom is -0.396 e. The molecule has 2 nitrogen and oxygen atoms in total. The Morgan fingerprint density at radius 3 is 2.47 bits per heavy atom. The zero-order valence-corrected chi connectivity index (χ0v) is 10.4. The van der Waals surface area contributed by atoms with Crippen molar-refractivity contribution in [1.82, 2.24) is 5.32 Å². The first kappa shape index (κ1) is 14.1. The van der Waals surface area contributed by atoms with E-state index in [0.29, 0.717) is 5.56 Å². The fraction of sp³-hybridized carbons (Fsp3) is 0.538. The minimum atomic E-state index is -0.446. The molecule has 1 rings (SSSR count). The molecule has 0 fully saturated rings. The summed E-state index contributed by atoms with van der Waals surface area (Å²) in [5.74, 6) is -0.803. The minimum absolute atomic E-state index is 0.0256. The lowest BCUT2D eigenvalue weighted by Gasteiger charge is -2.24. The average molecular weight is 243 g/mol. The van der Waals surface area contributed by atoms with Gasteiger partial charge in [0.1, 0.15) is 11.6 Å². The molecule has 96 valence electrons. The molecule has 3 unspecified atom stereocenters. The van der Waals surface area contributed by atoms with E-state index < -0.39 is 11.6 Å². The summed E-state index contributed by atoms with van der Waals surface area (Å²) in [4.78, 5) is 0. The second kappa shape index (κ2) is 6.07. The van der Waals surface area contributed by atoms with Crippen LogP contribution in [-0.2, 0) is 0 Å². The van der Waals surface area contributed by atoms with E-state index in [9.17, 15) is 8.78 Å². The van der Waals surface area contributed by atoms with Gasteiger partial charge in [-0.15, -0.1) is 0 Å². The highest BCUT2D eigenvalue weighted by atomic mass is 19.1. The number of aliphatic hydroxyl groups excluding tert-OH is 1. The van der Waals surface area contributed by atoms with Gasteiger partial charge in [-0.3, -0.25) is 0 Å². The lowest BCUT2D eigenvalue weighted by atomic mass is 10.0. The first-order valence-corrected chi connectivity index (χ1v) is 5.77. The lowest BCUT2D eigenvalue weighted by molar-refractivity contribution is 0.202. The van der Waals surface area contributed by atoms with Crippen LogP contribution in [0.3, 0.4) is 0 Å². The van der Waals surface area contributed by atoms with Crippen molar-refractivity contribution >= 4 is 0 Å². The first-order chi connectivity index (χ1) is 7.95. The van der Waals surface area contributed by atoms with Gasteiger partial charge in [0.2, 0.25) is 0 Å². The summed E-state index contributed by atoms with van der Waals surface area (Å²) in [7, 11) is 0. The summed E-state index contributed by atoms with van der Waals surface area (Å²) >= 11 is 0. The van der Waals surface area contributed by atoms with Crippen molar-refractivity contribution in [3.8, 4) is 0 Å². The van der Waals surface area contributed by atoms with Gasteiger partial charge in [0.05, 0.1) is 0 Å². The largest absolute Gasteiger partial charge is 0.396 e.